The molecule has 0 heterocycles. The predicted molar refractivity (Wildman–Crippen MR) is 86.6 cm³/mol. The molecular formula is C11H18I2O2Si. The number of ether oxygens (including phenoxy) is 1. The van der Waals surface area contributed by atoms with Crippen LogP contribution < -0.4 is 0 Å². The molecule has 0 fully saturated rings. The minimum Gasteiger partial charge on any atom is -0.460 e. The van der Waals surface area contributed by atoms with E-state index in [1.54, 1.807) is 0 Å². The Morgan fingerprint density at radius 3 is 2.69 bits per heavy atom. The highest BCUT2D eigenvalue weighted by molar-refractivity contribution is 14.2. The number of rotatable bonds is 9. The van der Waals surface area contributed by atoms with Crippen LogP contribution in [0.25, 0.3) is 0 Å². The van der Waals surface area contributed by atoms with Crippen LogP contribution in [0.3, 0.4) is 0 Å². The summed E-state index contributed by atoms with van der Waals surface area (Å²) in [6, 6.07) is 1.33. The second-order valence-electron chi connectivity index (χ2n) is 3.56. The zero-order chi connectivity index (χ0) is 12.4. The molecule has 0 aromatic heterocycles. The van der Waals surface area contributed by atoms with Crippen LogP contribution in [-0.4, -0.2) is 23.1 Å². The van der Waals surface area contributed by atoms with E-state index in [1.807, 2.05) is 6.92 Å². The van der Waals surface area contributed by atoms with Crippen molar-refractivity contribution in [1.29, 1.82) is 0 Å². The van der Waals surface area contributed by atoms with Crippen molar-refractivity contribution in [3.63, 3.8) is 0 Å². The lowest BCUT2D eigenvalue weighted by Gasteiger charge is -2.11. The molecule has 0 amide bonds. The van der Waals surface area contributed by atoms with E-state index in [0.29, 0.717) is 0 Å². The number of esters is 1. The number of carbonyl (C=O) groups excluding carboxylic acids is 1. The summed E-state index contributed by atoms with van der Waals surface area (Å²) >= 11 is 4.93. The first-order valence-corrected chi connectivity index (χ1v) is 9.18. The highest BCUT2D eigenvalue weighted by Gasteiger charge is 2.05. The van der Waals surface area contributed by atoms with Gasteiger partial charge in [0.1, 0.15) is 0 Å². The lowest BCUT2D eigenvalue weighted by Crippen LogP contribution is -2.12. The fraction of sp³-hybridized carbons (Fsp3) is 0.727. The lowest BCUT2D eigenvalue weighted by atomic mass is 10.1. The van der Waals surface area contributed by atoms with Gasteiger partial charge in [-0.3, -0.25) is 0 Å². The summed E-state index contributed by atoms with van der Waals surface area (Å²) in [6.07, 6.45) is 5.88. The lowest BCUT2D eigenvalue weighted by molar-refractivity contribution is -0.142. The van der Waals surface area contributed by atoms with Gasteiger partial charge in [-0.1, -0.05) is 70.6 Å². The maximum Gasteiger partial charge on any atom is 0.330 e. The number of hydrogen-bond donors (Lipinski definition) is 0. The average Bonchev–Trinajstić information content (AvgIpc) is 2.22. The monoisotopic (exact) mass is 464 g/mol. The molecule has 0 aliphatic heterocycles. The summed E-state index contributed by atoms with van der Waals surface area (Å²) in [7, 11) is 1.07. The summed E-state index contributed by atoms with van der Waals surface area (Å²) in [6.45, 7) is 5.32. The Labute approximate surface area is 128 Å². The van der Waals surface area contributed by atoms with Gasteiger partial charge in [-0.2, -0.15) is 0 Å². The van der Waals surface area contributed by atoms with Gasteiger partial charge in [0.2, 0.25) is 0 Å². The van der Waals surface area contributed by atoms with Crippen LogP contribution in [0.15, 0.2) is 12.7 Å². The van der Waals surface area contributed by atoms with E-state index in [9.17, 15) is 4.79 Å². The third kappa shape index (κ3) is 11.4. The zero-order valence-corrected chi connectivity index (χ0v) is 14.9. The Morgan fingerprint density at radius 1 is 1.44 bits per heavy atom. The fourth-order valence-corrected chi connectivity index (χ4v) is 3.79. The van der Waals surface area contributed by atoms with Gasteiger partial charge in [0.15, 0.2) is 0 Å². The molecule has 1 unspecified atom stereocenters. The standard InChI is InChI=1S/C11H18I2O2Si/c1-3-10(14)15-9(2)7-5-4-6-8-16-11(12)13/h3,9,11H,1,4-8H2,2H3. The molecule has 0 saturated heterocycles. The zero-order valence-electron chi connectivity index (χ0n) is 9.55. The molecule has 0 bridgehead atoms. The summed E-state index contributed by atoms with van der Waals surface area (Å²) in [4.78, 5) is 10.9. The fourth-order valence-electron chi connectivity index (χ4n) is 1.25. The van der Waals surface area contributed by atoms with Gasteiger partial charge in [-0.25, -0.2) is 4.79 Å². The molecule has 0 aromatic carbocycles. The third-order valence-corrected chi connectivity index (χ3v) is 5.66. The van der Waals surface area contributed by atoms with Gasteiger partial charge in [0.25, 0.3) is 0 Å². The van der Waals surface area contributed by atoms with E-state index >= 15 is 0 Å². The summed E-state index contributed by atoms with van der Waals surface area (Å²) in [5.41, 5.74) is 0. The van der Waals surface area contributed by atoms with Gasteiger partial charge in [-0.15, -0.1) is 0 Å². The molecule has 5 heteroatoms. The Bertz CT molecular complexity index is 210. The predicted octanol–water partition coefficient (Wildman–Crippen LogP) is 3.94. The van der Waals surface area contributed by atoms with Crippen molar-refractivity contribution in [3.8, 4) is 0 Å². The average molecular weight is 464 g/mol. The molecule has 0 aliphatic carbocycles. The Kier molecular flexibility index (Phi) is 11.6. The number of unbranched alkanes of at least 4 members (excludes halogenated alkanes) is 2. The van der Waals surface area contributed by atoms with Crippen molar-refractivity contribution in [2.75, 3.05) is 0 Å². The van der Waals surface area contributed by atoms with Crippen LogP contribution in [-0.2, 0) is 9.53 Å². The van der Waals surface area contributed by atoms with E-state index in [2.05, 4.69) is 51.8 Å². The first kappa shape index (κ1) is 16.9. The van der Waals surface area contributed by atoms with Gasteiger partial charge >= 0.3 is 5.97 Å². The van der Waals surface area contributed by atoms with Crippen molar-refractivity contribution in [1.82, 2.24) is 0 Å². The second kappa shape index (κ2) is 11.0. The molecule has 1 atom stereocenters. The molecule has 92 valence electrons. The number of halogens is 2. The highest BCUT2D eigenvalue weighted by atomic mass is 127. The Morgan fingerprint density at radius 2 is 2.12 bits per heavy atom. The smallest absolute Gasteiger partial charge is 0.330 e. The van der Waals surface area contributed by atoms with Crippen molar-refractivity contribution in [2.45, 2.75) is 46.3 Å². The van der Waals surface area contributed by atoms with Crippen molar-refractivity contribution in [3.05, 3.63) is 12.7 Å². The van der Waals surface area contributed by atoms with Crippen LogP contribution in [0.5, 0.6) is 0 Å². The number of hydrogen-bond acceptors (Lipinski definition) is 2. The molecule has 0 spiro atoms. The summed E-state index contributed by atoms with van der Waals surface area (Å²) in [5, 5.41) is 0. The molecule has 0 aromatic rings. The first-order valence-electron chi connectivity index (χ1n) is 5.41. The minimum atomic E-state index is -0.313. The molecule has 0 saturated carbocycles. The van der Waals surface area contributed by atoms with E-state index in [4.69, 9.17) is 4.74 Å². The number of alkyl halides is 2. The van der Waals surface area contributed by atoms with E-state index in [0.717, 1.165) is 23.9 Å². The van der Waals surface area contributed by atoms with Crippen LogP contribution in [0, 0.1) is 0 Å². The van der Waals surface area contributed by atoms with Crippen LogP contribution in [0.2, 0.25) is 6.04 Å². The quantitative estimate of drug-likeness (QED) is 0.129. The molecule has 0 N–H and O–H groups in total. The molecule has 0 aliphatic rings. The second-order valence-corrected chi connectivity index (χ2v) is 12.3. The maximum atomic E-state index is 10.9. The largest absolute Gasteiger partial charge is 0.460 e. The minimum absolute atomic E-state index is 0.0230. The molecule has 2 radical (unpaired) electrons. The van der Waals surface area contributed by atoms with Crippen LogP contribution in [0.4, 0.5) is 0 Å². The van der Waals surface area contributed by atoms with Crippen molar-refractivity contribution >= 4 is 60.7 Å². The van der Waals surface area contributed by atoms with Gasteiger partial charge in [0.05, 0.1) is 17.2 Å². The van der Waals surface area contributed by atoms with Gasteiger partial charge < -0.3 is 4.74 Å². The normalized spacial score (nSPS) is 12.5. The Hall–Kier alpha value is 0.887. The highest BCUT2D eigenvalue weighted by Crippen LogP contribution is 2.13. The maximum absolute atomic E-state index is 10.9. The third-order valence-electron chi connectivity index (χ3n) is 2.07. The molecule has 0 rings (SSSR count). The van der Waals surface area contributed by atoms with Crippen molar-refractivity contribution < 1.29 is 9.53 Å². The topological polar surface area (TPSA) is 26.3 Å². The van der Waals surface area contributed by atoms with Gasteiger partial charge in [0, 0.05) is 6.08 Å². The first-order chi connectivity index (χ1) is 7.56. The molecule has 16 heavy (non-hydrogen) atoms. The molecule has 2 nitrogen and oxygen atoms in total. The summed E-state index contributed by atoms with van der Waals surface area (Å²) in [5.74, 6) is -0.313. The van der Waals surface area contributed by atoms with E-state index in [1.165, 1.54) is 25.0 Å². The van der Waals surface area contributed by atoms with E-state index in [-0.39, 0.29) is 12.1 Å². The summed E-state index contributed by atoms with van der Waals surface area (Å²) < 4.78 is 5.87. The van der Waals surface area contributed by atoms with E-state index < -0.39 is 0 Å². The van der Waals surface area contributed by atoms with Crippen LogP contribution >= 0.6 is 45.2 Å². The number of carbonyl (C=O) groups is 1. The Balaban J connectivity index is 3.30. The molecular weight excluding hydrogens is 446 g/mol. The SMILES string of the molecule is C=CC(=O)OC(C)CCCCC[Si]C(I)I. The van der Waals surface area contributed by atoms with Gasteiger partial charge in [-0.05, 0) is 19.8 Å². The van der Waals surface area contributed by atoms with Crippen LogP contribution in [0.1, 0.15) is 32.6 Å². The van der Waals surface area contributed by atoms with Crippen molar-refractivity contribution in [2.24, 2.45) is 0 Å².